The zero-order chi connectivity index (χ0) is 71.5. The molecule has 99 heavy (non-hydrogen) atoms. The summed E-state index contributed by atoms with van der Waals surface area (Å²) >= 11 is 16.9. The van der Waals surface area contributed by atoms with Crippen molar-refractivity contribution in [1.29, 1.82) is 0 Å². The first-order chi connectivity index (χ1) is 47.6. The fourth-order valence-corrected chi connectivity index (χ4v) is 14.8. The van der Waals surface area contributed by atoms with E-state index < -0.39 is 41.3 Å². The van der Waals surface area contributed by atoms with Gasteiger partial charge in [0, 0.05) is 103 Å². The number of halogens is 9. The van der Waals surface area contributed by atoms with Gasteiger partial charge in [0.1, 0.15) is 65.1 Å². The maximum atomic E-state index is 13.2. The highest BCUT2D eigenvalue weighted by Gasteiger charge is 2.19. The smallest absolute Gasteiger partial charge is 0.334 e. The first kappa shape index (κ1) is 77.7. The van der Waals surface area contributed by atoms with Crippen LogP contribution in [0.5, 0.6) is 10.1 Å². The number of nitrogens with zero attached hydrogens (tertiary/aromatic N) is 14. The second-order valence-corrected chi connectivity index (χ2v) is 27.7. The van der Waals surface area contributed by atoms with Crippen molar-refractivity contribution in [3.05, 3.63) is 189 Å². The van der Waals surface area contributed by atoms with E-state index in [2.05, 4.69) is 123 Å². The molecule has 39 heteroatoms. The van der Waals surface area contributed by atoms with E-state index in [1.807, 2.05) is 36.6 Å². The molecule has 12 heterocycles. The van der Waals surface area contributed by atoms with Crippen LogP contribution in [0, 0.1) is 41.2 Å². The van der Waals surface area contributed by atoms with E-state index >= 15 is 0 Å². The molecule has 4 N–H and O–H groups in total. The minimum Gasteiger partial charge on any atom is -0.484 e. The molecule has 0 saturated heterocycles. The second kappa shape index (κ2) is 39.2. The fraction of sp³-hybridized carbons (Fsp3) is 0.133. The van der Waals surface area contributed by atoms with Crippen LogP contribution in [0.1, 0.15) is 23.6 Å². The van der Waals surface area contributed by atoms with Gasteiger partial charge in [0.15, 0.2) is 0 Å². The Morgan fingerprint density at radius 2 is 0.737 bits per heavy atom. The van der Waals surface area contributed by atoms with Crippen molar-refractivity contribution in [2.75, 3.05) is 40.8 Å². The Labute approximate surface area is 609 Å². The topological polar surface area (TPSA) is 280 Å². The summed E-state index contributed by atoms with van der Waals surface area (Å²) < 4.78 is 103. The van der Waals surface area contributed by atoms with Crippen LogP contribution in [-0.2, 0) is 0 Å². The van der Waals surface area contributed by atoms with E-state index in [1.54, 1.807) is 63.4 Å². The summed E-state index contributed by atoms with van der Waals surface area (Å²) in [4.78, 5) is 70.6. The first-order valence-corrected chi connectivity index (χ1v) is 36.3. The van der Waals surface area contributed by atoms with Crippen molar-refractivity contribution in [2.24, 2.45) is 10.2 Å². The van der Waals surface area contributed by atoms with Gasteiger partial charge in [0.05, 0.1) is 54.0 Å². The van der Waals surface area contributed by atoms with Crippen molar-refractivity contribution in [1.82, 2.24) is 81.3 Å². The number of aromatic nitrogens is 12. The lowest BCUT2D eigenvalue weighted by molar-refractivity contribution is 0.242. The number of hydrogen-bond acceptors (Lipinski definition) is 26. The molecule has 22 nitrogen and oxygen atoms in total. The van der Waals surface area contributed by atoms with Gasteiger partial charge in [-0.3, -0.25) is 29.9 Å². The summed E-state index contributed by atoms with van der Waals surface area (Å²) in [6.45, 7) is 3.54. The second-order valence-electron chi connectivity index (χ2n) is 18.2. The van der Waals surface area contributed by atoms with Crippen molar-refractivity contribution in [2.45, 2.75) is 22.3 Å². The van der Waals surface area contributed by atoms with Gasteiger partial charge in [-0.15, -0.1) is 68.9 Å². The Bertz CT molecular complexity index is 4500. The highest BCUT2D eigenvalue weighted by atomic mass is 79.9. The summed E-state index contributed by atoms with van der Waals surface area (Å²) in [5.74, 6) is -3.52. The van der Waals surface area contributed by atoms with Crippen molar-refractivity contribution >= 4 is 147 Å². The molecule has 514 valence electrons. The molecule has 0 spiro atoms. The summed E-state index contributed by atoms with van der Waals surface area (Å²) in [5, 5.41) is 16.6. The molecular weight excluding hydrogens is 1590 g/mol. The summed E-state index contributed by atoms with van der Waals surface area (Å²) in [6, 6.07) is 14.2. The third kappa shape index (κ3) is 23.2. The molecule has 0 atom stereocenters. The Hall–Kier alpha value is -8.67. The van der Waals surface area contributed by atoms with Crippen LogP contribution >= 0.6 is 123 Å². The van der Waals surface area contributed by atoms with E-state index in [0.717, 1.165) is 72.7 Å². The first-order valence-electron chi connectivity index (χ1n) is 27.4. The number of hydrazone groups is 2. The van der Waals surface area contributed by atoms with E-state index in [4.69, 9.17) is 9.47 Å². The van der Waals surface area contributed by atoms with Crippen LogP contribution in [0.4, 0.5) is 40.3 Å². The Balaban J connectivity index is 0.000000168. The van der Waals surface area contributed by atoms with Crippen LogP contribution < -0.4 is 31.0 Å². The predicted molar refractivity (Wildman–Crippen MR) is 383 cm³/mol. The van der Waals surface area contributed by atoms with Gasteiger partial charge < -0.3 is 20.1 Å². The van der Waals surface area contributed by atoms with Crippen molar-refractivity contribution < 1.29 is 49.8 Å². The van der Waals surface area contributed by atoms with Crippen LogP contribution in [0.25, 0.3) is 63.4 Å². The largest absolute Gasteiger partial charge is 0.484 e. The average Bonchev–Trinajstić information content (AvgIpc) is 1.74. The van der Waals surface area contributed by atoms with E-state index in [9.17, 15) is 40.3 Å². The monoisotopic (exact) mass is 1630 g/mol. The number of thiazole rings is 6. The molecule has 0 radical (unpaired) electrons. The molecule has 12 aromatic rings. The number of thioether (sulfide) groups is 2. The molecule has 0 bridgehead atoms. The Morgan fingerprint density at radius 1 is 0.434 bits per heavy atom. The van der Waals surface area contributed by atoms with Crippen LogP contribution in [0.3, 0.4) is 0 Å². The number of pyridine rings is 6. The Morgan fingerprint density at radius 3 is 1.03 bits per heavy atom. The molecule has 4 amide bonds. The minimum absolute atomic E-state index is 0.0780. The van der Waals surface area contributed by atoms with E-state index in [1.165, 1.54) is 134 Å². The lowest BCUT2D eigenvalue weighted by Crippen LogP contribution is -2.29. The molecule has 0 fully saturated rings. The van der Waals surface area contributed by atoms with E-state index in [-0.39, 0.29) is 22.1 Å². The summed E-state index contributed by atoms with van der Waals surface area (Å²) in [7, 11) is 5.80. The number of ether oxygens (including phenoxy) is 2. The molecule has 0 aliphatic carbocycles. The predicted octanol–water partition coefficient (Wildman–Crippen LogP) is 16.5. The maximum absolute atomic E-state index is 13.2. The van der Waals surface area contributed by atoms with Crippen molar-refractivity contribution in [3.63, 3.8) is 0 Å². The number of carbonyl (C=O) groups excluding carboxylic acids is 2. The summed E-state index contributed by atoms with van der Waals surface area (Å²) in [5.41, 5.74) is 10.1. The Kier molecular flexibility index (Phi) is 30.8. The lowest BCUT2D eigenvalue weighted by atomic mass is 10.3. The van der Waals surface area contributed by atoms with E-state index in [0.29, 0.717) is 70.8 Å². The standard InChI is InChI=1S/C12H11BrFN5OS.C12H12BrN5OS.C9H6F2N2OS.C9H6F2N2S2.C9H7FN2OS.C9H7FN2S2/c1-6(18-19-12(20)15-2)9-10(13)17-11(21-9)7-3-8(14)5-16-4-7;1-7(17-18-12(19)14-2)9-10(13)16-11(20-9)8-4-3-5-15-6-8;2*1-14-9-7(11)13-8(15-9)5-2-6(10)4-12-3-5;2*1-13-9-7(10)12-8(14-9)6-3-2-4-11-5-6/h3-5H,1-2H3,(H2,15,19,20);3-6H,1-2H3,(H2,14,18,19);2*2-4H,1H3;2*2-5H,1H3/b18-6+;17-7+;;;;. The third-order valence-electron chi connectivity index (χ3n) is 11.5. The average molecular weight is 1640 g/mol. The lowest BCUT2D eigenvalue weighted by Gasteiger charge is -1.99. The highest BCUT2D eigenvalue weighted by molar-refractivity contribution is 9.10. The normalized spacial score (nSPS) is 10.8. The number of amides is 4. The molecular formula is C60H49Br2F7N18O4S8. The fourth-order valence-electron chi connectivity index (χ4n) is 6.98. The van der Waals surface area contributed by atoms with Gasteiger partial charge in [-0.2, -0.15) is 27.8 Å². The third-order valence-corrected chi connectivity index (χ3v) is 22.0. The number of methoxy groups -OCH3 is 2. The van der Waals surface area contributed by atoms with Gasteiger partial charge in [0.25, 0.3) is 11.9 Å². The number of hydrogen-bond donors (Lipinski definition) is 4. The molecule has 0 saturated carbocycles. The minimum atomic E-state index is -0.693. The molecule has 0 aliphatic rings. The van der Waals surface area contributed by atoms with Crippen LogP contribution in [-0.4, -0.2) is 124 Å². The number of rotatable bonds is 14. The maximum Gasteiger partial charge on any atom is 0.334 e. The molecule has 12 rings (SSSR count). The zero-order valence-electron chi connectivity index (χ0n) is 52.2. The number of nitrogens with one attached hydrogen (secondary N) is 4. The molecule has 0 aliphatic heterocycles. The molecule has 0 aromatic carbocycles. The van der Waals surface area contributed by atoms with Gasteiger partial charge in [-0.05, 0) is 113 Å². The van der Waals surface area contributed by atoms with Gasteiger partial charge in [0.2, 0.25) is 22.0 Å². The van der Waals surface area contributed by atoms with Crippen LogP contribution in [0.15, 0.2) is 157 Å². The molecule has 0 unspecified atom stereocenters. The SMILES string of the molecule is CNC(=O)N/N=C(\C)c1sc(-c2cccnc2)nc1Br.CNC(=O)N/N=C(\C)c1sc(-c2cncc(F)c2)nc1Br.COc1sc(-c2cccnc2)nc1F.COc1sc(-c2cncc(F)c2)nc1F.CSc1sc(-c2cccnc2)nc1F.CSc1sc(-c2cncc(F)c2)nc1F. The highest BCUT2D eigenvalue weighted by Crippen LogP contribution is 2.37. The van der Waals surface area contributed by atoms with Crippen LogP contribution in [0.2, 0.25) is 0 Å². The van der Waals surface area contributed by atoms with Crippen molar-refractivity contribution in [3.8, 4) is 73.6 Å². The zero-order valence-corrected chi connectivity index (χ0v) is 61.9. The molecule has 12 aromatic heterocycles. The van der Waals surface area contributed by atoms with Gasteiger partial charge in [-0.1, -0.05) is 22.7 Å². The number of urea groups is 2. The number of carbonyl (C=O) groups is 2. The quantitative estimate of drug-likeness (QED) is 0.0341. The summed E-state index contributed by atoms with van der Waals surface area (Å²) in [6.07, 6.45) is 21.5. The van der Waals surface area contributed by atoms with Gasteiger partial charge >= 0.3 is 12.1 Å². The van der Waals surface area contributed by atoms with Gasteiger partial charge in [-0.25, -0.2) is 63.5 Å².